The summed E-state index contributed by atoms with van der Waals surface area (Å²) in [6, 6.07) is 0.292. The molecule has 4 saturated carbocycles. The molecule has 1 heterocycles. The van der Waals surface area contributed by atoms with Crippen molar-refractivity contribution in [2.45, 2.75) is 69.3 Å². The highest BCUT2D eigenvalue weighted by molar-refractivity contribution is 5.11. The SMILES string of the molecule is [C-]#[N+]C1C2CC3CC1CC(OC1CCCCO1)(C3)C2. The van der Waals surface area contributed by atoms with Gasteiger partial charge in [0.05, 0.1) is 5.60 Å². The largest absolute Gasteiger partial charge is 0.353 e. The maximum atomic E-state index is 7.45. The molecule has 3 heteroatoms. The predicted octanol–water partition coefficient (Wildman–Crippen LogP) is 3.40. The molecule has 3 atom stereocenters. The quantitative estimate of drug-likeness (QED) is 0.711. The zero-order chi connectivity index (χ0) is 12.9. The maximum Gasteiger partial charge on any atom is 0.229 e. The van der Waals surface area contributed by atoms with E-state index in [1.54, 1.807) is 0 Å². The van der Waals surface area contributed by atoms with Crippen LogP contribution in [0.25, 0.3) is 4.85 Å². The van der Waals surface area contributed by atoms with Crippen molar-refractivity contribution in [1.82, 2.24) is 0 Å². The third-order valence-corrected chi connectivity index (χ3v) is 5.84. The van der Waals surface area contributed by atoms with Gasteiger partial charge in [0.1, 0.15) is 0 Å². The summed E-state index contributed by atoms with van der Waals surface area (Å²) in [6.07, 6.45) is 9.54. The summed E-state index contributed by atoms with van der Waals surface area (Å²) in [5.41, 5.74) is 0.0691. The lowest BCUT2D eigenvalue weighted by Crippen LogP contribution is -2.58. The number of nitrogens with zero attached hydrogens (tertiary/aromatic N) is 1. The fraction of sp³-hybridized carbons (Fsp3) is 0.938. The van der Waals surface area contributed by atoms with Crippen LogP contribution in [0.3, 0.4) is 0 Å². The van der Waals surface area contributed by atoms with Crippen LogP contribution in [-0.2, 0) is 9.47 Å². The topological polar surface area (TPSA) is 22.8 Å². The molecule has 0 aromatic heterocycles. The van der Waals surface area contributed by atoms with Crippen LogP contribution in [0.1, 0.15) is 51.4 Å². The molecule has 104 valence electrons. The van der Waals surface area contributed by atoms with Gasteiger partial charge in [0.15, 0.2) is 6.29 Å². The van der Waals surface area contributed by atoms with Gasteiger partial charge >= 0.3 is 0 Å². The highest BCUT2D eigenvalue weighted by atomic mass is 16.7. The van der Waals surface area contributed by atoms with E-state index in [4.69, 9.17) is 16.0 Å². The first-order valence-corrected chi connectivity index (χ1v) is 7.94. The summed E-state index contributed by atoms with van der Waals surface area (Å²) in [6.45, 7) is 8.31. The lowest BCUT2D eigenvalue weighted by molar-refractivity contribution is -0.265. The fourth-order valence-corrected chi connectivity index (χ4v) is 5.36. The summed E-state index contributed by atoms with van der Waals surface area (Å²) >= 11 is 0. The van der Waals surface area contributed by atoms with E-state index in [1.165, 1.54) is 32.1 Å². The van der Waals surface area contributed by atoms with Gasteiger partial charge in [-0.15, -0.1) is 0 Å². The first-order valence-electron chi connectivity index (χ1n) is 7.94. The Kier molecular flexibility index (Phi) is 2.86. The Morgan fingerprint density at radius 3 is 2.53 bits per heavy atom. The second kappa shape index (κ2) is 4.46. The highest BCUT2D eigenvalue weighted by Gasteiger charge is 2.59. The minimum atomic E-state index is 0.0383. The van der Waals surface area contributed by atoms with Crippen molar-refractivity contribution in [3.8, 4) is 0 Å². The smallest absolute Gasteiger partial charge is 0.229 e. The van der Waals surface area contributed by atoms with Gasteiger partial charge in [-0.25, -0.2) is 6.57 Å². The van der Waals surface area contributed by atoms with Crippen molar-refractivity contribution >= 4 is 0 Å². The van der Waals surface area contributed by atoms with Gasteiger partial charge in [-0.3, -0.25) is 0 Å². The molecule has 4 aliphatic carbocycles. The van der Waals surface area contributed by atoms with Gasteiger partial charge in [0.2, 0.25) is 6.04 Å². The Morgan fingerprint density at radius 2 is 1.89 bits per heavy atom. The van der Waals surface area contributed by atoms with Crippen molar-refractivity contribution in [2.24, 2.45) is 17.8 Å². The zero-order valence-corrected chi connectivity index (χ0v) is 11.5. The molecule has 5 fully saturated rings. The summed E-state index contributed by atoms with van der Waals surface area (Å²) < 4.78 is 12.2. The Bertz CT molecular complexity index is 380. The van der Waals surface area contributed by atoms with Crippen LogP contribution < -0.4 is 0 Å². The molecule has 5 rings (SSSR count). The van der Waals surface area contributed by atoms with E-state index in [0.29, 0.717) is 17.9 Å². The van der Waals surface area contributed by atoms with Crippen LogP contribution >= 0.6 is 0 Å². The number of hydrogen-bond donors (Lipinski definition) is 0. The first-order chi connectivity index (χ1) is 9.28. The zero-order valence-electron chi connectivity index (χ0n) is 11.5. The van der Waals surface area contributed by atoms with E-state index < -0.39 is 0 Å². The third-order valence-electron chi connectivity index (χ3n) is 5.84. The Morgan fingerprint density at radius 1 is 1.11 bits per heavy atom. The van der Waals surface area contributed by atoms with Crippen molar-refractivity contribution in [2.75, 3.05) is 6.61 Å². The second-order valence-corrected chi connectivity index (χ2v) is 7.19. The highest BCUT2D eigenvalue weighted by Crippen LogP contribution is 2.58. The molecule has 3 nitrogen and oxygen atoms in total. The Hall–Kier alpha value is -0.590. The van der Waals surface area contributed by atoms with Gasteiger partial charge in [-0.1, -0.05) is 0 Å². The van der Waals surface area contributed by atoms with Crippen LogP contribution in [0.15, 0.2) is 0 Å². The van der Waals surface area contributed by atoms with Gasteiger partial charge in [0, 0.05) is 18.4 Å². The molecule has 1 aliphatic heterocycles. The minimum absolute atomic E-state index is 0.0383. The average Bonchev–Trinajstić information content (AvgIpc) is 2.38. The summed E-state index contributed by atoms with van der Waals surface area (Å²) in [5.74, 6) is 2.03. The minimum Gasteiger partial charge on any atom is -0.353 e. The van der Waals surface area contributed by atoms with Gasteiger partial charge in [-0.2, -0.15) is 0 Å². The Balaban J connectivity index is 1.51. The average molecular weight is 261 g/mol. The summed E-state index contributed by atoms with van der Waals surface area (Å²) in [4.78, 5) is 3.93. The summed E-state index contributed by atoms with van der Waals surface area (Å²) in [5, 5.41) is 0. The van der Waals surface area contributed by atoms with Gasteiger partial charge in [-0.05, 0) is 57.3 Å². The van der Waals surface area contributed by atoms with Crippen LogP contribution in [0.5, 0.6) is 0 Å². The van der Waals surface area contributed by atoms with E-state index in [-0.39, 0.29) is 11.9 Å². The first kappa shape index (κ1) is 12.2. The molecule has 0 aromatic rings. The number of ether oxygens (including phenoxy) is 2. The lowest BCUT2D eigenvalue weighted by Gasteiger charge is -2.56. The van der Waals surface area contributed by atoms with E-state index in [1.807, 2.05) is 0 Å². The Labute approximate surface area is 115 Å². The molecule has 0 amide bonds. The lowest BCUT2D eigenvalue weighted by atomic mass is 9.52. The molecule has 1 saturated heterocycles. The van der Waals surface area contributed by atoms with Crippen LogP contribution in [0.2, 0.25) is 0 Å². The van der Waals surface area contributed by atoms with Crippen LogP contribution in [0.4, 0.5) is 0 Å². The van der Waals surface area contributed by atoms with Crippen molar-refractivity contribution in [3.63, 3.8) is 0 Å². The van der Waals surface area contributed by atoms with Crippen LogP contribution in [0, 0.1) is 24.3 Å². The fourth-order valence-electron chi connectivity index (χ4n) is 5.36. The van der Waals surface area contributed by atoms with Gasteiger partial charge in [0.25, 0.3) is 0 Å². The molecular weight excluding hydrogens is 238 g/mol. The molecule has 3 unspecified atom stereocenters. The maximum absolute atomic E-state index is 7.45. The van der Waals surface area contributed by atoms with Gasteiger partial charge < -0.3 is 14.3 Å². The summed E-state index contributed by atoms with van der Waals surface area (Å²) in [7, 11) is 0. The van der Waals surface area contributed by atoms with Crippen molar-refractivity contribution in [3.05, 3.63) is 11.4 Å². The molecule has 0 N–H and O–H groups in total. The number of hydrogen-bond acceptors (Lipinski definition) is 2. The van der Waals surface area contributed by atoms with E-state index in [9.17, 15) is 0 Å². The van der Waals surface area contributed by atoms with E-state index in [2.05, 4.69) is 4.85 Å². The molecule has 0 aromatic carbocycles. The van der Waals surface area contributed by atoms with Crippen molar-refractivity contribution < 1.29 is 9.47 Å². The van der Waals surface area contributed by atoms with Crippen LogP contribution in [-0.4, -0.2) is 24.5 Å². The molecule has 0 spiro atoms. The van der Waals surface area contributed by atoms with E-state index in [0.717, 1.165) is 31.8 Å². The standard InChI is InChI=1S/C16H23NO2/c1-17-15-12-6-11-7-13(15)10-16(8-11,9-12)19-14-4-2-3-5-18-14/h11-15H,2-10H2. The van der Waals surface area contributed by atoms with E-state index >= 15 is 0 Å². The molecule has 19 heavy (non-hydrogen) atoms. The predicted molar refractivity (Wildman–Crippen MR) is 71.4 cm³/mol. The third kappa shape index (κ3) is 2.00. The molecule has 5 aliphatic rings. The normalized spacial score (nSPS) is 52.1. The second-order valence-electron chi connectivity index (χ2n) is 7.19. The molecular formula is C16H23NO2. The molecule has 4 bridgehead atoms. The van der Waals surface area contributed by atoms with Crippen molar-refractivity contribution in [1.29, 1.82) is 0 Å². The molecule has 0 radical (unpaired) electrons. The number of rotatable bonds is 2. The monoisotopic (exact) mass is 261 g/mol.